The van der Waals surface area contributed by atoms with Gasteiger partial charge >= 0.3 is 0 Å². The smallest absolute Gasteiger partial charge is 0.0802 e. The van der Waals surface area contributed by atoms with Gasteiger partial charge in [0.1, 0.15) is 0 Å². The molecule has 1 aliphatic rings. The lowest BCUT2D eigenvalue weighted by atomic mass is 9.81. The standard InChI is InChI=1S/C15H29NO/c1-6-13(7-2)17-15-9-12(10(3)4)8-14(16)11(15)5/h9-11,13-15H,6-8,16H2,1-5H3/t11-,14+,15-/m1/s1. The van der Waals surface area contributed by atoms with Crippen LogP contribution in [0.3, 0.4) is 0 Å². The Balaban J connectivity index is 2.76. The van der Waals surface area contributed by atoms with Crippen molar-refractivity contribution >= 4 is 0 Å². The molecule has 0 bridgehead atoms. The first-order valence-corrected chi connectivity index (χ1v) is 7.11. The van der Waals surface area contributed by atoms with Gasteiger partial charge in [0.25, 0.3) is 0 Å². The molecule has 0 aromatic carbocycles. The van der Waals surface area contributed by atoms with Crippen molar-refractivity contribution in [3.8, 4) is 0 Å². The van der Waals surface area contributed by atoms with Crippen LogP contribution in [-0.4, -0.2) is 18.2 Å². The molecular formula is C15H29NO. The maximum absolute atomic E-state index is 6.23. The van der Waals surface area contributed by atoms with Crippen LogP contribution in [0.15, 0.2) is 11.6 Å². The van der Waals surface area contributed by atoms with Crippen LogP contribution in [-0.2, 0) is 4.74 Å². The van der Waals surface area contributed by atoms with E-state index in [0.717, 1.165) is 19.3 Å². The number of hydrogen-bond donors (Lipinski definition) is 1. The zero-order valence-electron chi connectivity index (χ0n) is 12.1. The summed E-state index contributed by atoms with van der Waals surface area (Å²) in [5, 5.41) is 0. The maximum atomic E-state index is 6.23. The van der Waals surface area contributed by atoms with Crippen LogP contribution in [0.2, 0.25) is 0 Å². The molecule has 2 N–H and O–H groups in total. The minimum atomic E-state index is 0.209. The molecule has 0 heterocycles. The van der Waals surface area contributed by atoms with Gasteiger partial charge in [0, 0.05) is 12.0 Å². The average molecular weight is 239 g/mol. The van der Waals surface area contributed by atoms with E-state index in [-0.39, 0.29) is 12.1 Å². The summed E-state index contributed by atoms with van der Waals surface area (Å²) < 4.78 is 6.20. The van der Waals surface area contributed by atoms with Crippen LogP contribution in [0.4, 0.5) is 0 Å². The van der Waals surface area contributed by atoms with Crippen LogP contribution in [0.1, 0.15) is 53.9 Å². The van der Waals surface area contributed by atoms with E-state index in [1.54, 1.807) is 0 Å². The van der Waals surface area contributed by atoms with E-state index in [1.807, 2.05) is 0 Å². The third kappa shape index (κ3) is 3.82. The van der Waals surface area contributed by atoms with Crippen molar-refractivity contribution in [2.75, 3.05) is 0 Å². The van der Waals surface area contributed by atoms with Gasteiger partial charge in [0.05, 0.1) is 12.2 Å². The van der Waals surface area contributed by atoms with E-state index in [9.17, 15) is 0 Å². The SMILES string of the molecule is CCC(CC)O[C@@H]1C=C(C(C)C)C[C@H](N)[C@H]1C. The number of hydrogen-bond acceptors (Lipinski definition) is 2. The van der Waals surface area contributed by atoms with Crippen LogP contribution in [0.25, 0.3) is 0 Å². The molecule has 1 aliphatic carbocycles. The van der Waals surface area contributed by atoms with E-state index in [4.69, 9.17) is 10.5 Å². The first-order chi connectivity index (χ1) is 7.99. The molecule has 0 radical (unpaired) electrons. The van der Waals surface area contributed by atoms with Gasteiger partial charge < -0.3 is 10.5 Å². The average Bonchev–Trinajstić information content (AvgIpc) is 2.30. The Bertz CT molecular complexity index is 256. The van der Waals surface area contributed by atoms with Crippen molar-refractivity contribution in [3.05, 3.63) is 11.6 Å². The Kier molecular flexibility index (Phi) is 5.68. The summed E-state index contributed by atoms with van der Waals surface area (Å²) in [4.78, 5) is 0. The molecule has 0 fully saturated rings. The number of ether oxygens (including phenoxy) is 1. The van der Waals surface area contributed by atoms with Crippen LogP contribution < -0.4 is 5.73 Å². The molecule has 0 aliphatic heterocycles. The highest BCUT2D eigenvalue weighted by molar-refractivity contribution is 5.16. The first-order valence-electron chi connectivity index (χ1n) is 7.11. The Morgan fingerprint density at radius 2 is 1.94 bits per heavy atom. The molecule has 0 saturated carbocycles. The Hall–Kier alpha value is -0.340. The molecule has 2 heteroatoms. The fraction of sp³-hybridized carbons (Fsp3) is 0.867. The van der Waals surface area contributed by atoms with Crippen molar-refractivity contribution in [2.24, 2.45) is 17.6 Å². The molecule has 0 spiro atoms. The maximum Gasteiger partial charge on any atom is 0.0802 e. The molecule has 17 heavy (non-hydrogen) atoms. The normalized spacial score (nSPS) is 29.9. The molecule has 0 amide bonds. The second kappa shape index (κ2) is 6.55. The summed E-state index contributed by atoms with van der Waals surface area (Å²) in [6, 6.07) is 0.247. The van der Waals surface area contributed by atoms with Crippen molar-refractivity contribution < 1.29 is 4.74 Å². The minimum absolute atomic E-state index is 0.209. The predicted octanol–water partition coefficient (Wildman–Crippen LogP) is 3.51. The van der Waals surface area contributed by atoms with E-state index < -0.39 is 0 Å². The minimum Gasteiger partial charge on any atom is -0.371 e. The summed E-state index contributed by atoms with van der Waals surface area (Å²) in [5.41, 5.74) is 7.70. The lowest BCUT2D eigenvalue weighted by molar-refractivity contribution is -0.0254. The van der Waals surface area contributed by atoms with Crippen molar-refractivity contribution in [3.63, 3.8) is 0 Å². The molecule has 2 nitrogen and oxygen atoms in total. The summed E-state index contributed by atoms with van der Waals surface area (Å²) in [5.74, 6) is 1.01. The Morgan fingerprint density at radius 3 is 2.41 bits per heavy atom. The van der Waals surface area contributed by atoms with Gasteiger partial charge in [-0.15, -0.1) is 0 Å². The largest absolute Gasteiger partial charge is 0.371 e. The van der Waals surface area contributed by atoms with E-state index in [0.29, 0.717) is 17.9 Å². The monoisotopic (exact) mass is 239 g/mol. The molecule has 100 valence electrons. The molecule has 1 rings (SSSR count). The summed E-state index contributed by atoms with van der Waals surface area (Å²) >= 11 is 0. The molecule has 3 atom stereocenters. The summed E-state index contributed by atoms with van der Waals surface area (Å²) in [6.45, 7) is 11.1. The number of rotatable bonds is 5. The second-order valence-corrected chi connectivity index (χ2v) is 5.66. The van der Waals surface area contributed by atoms with Crippen LogP contribution in [0, 0.1) is 11.8 Å². The highest BCUT2D eigenvalue weighted by Crippen LogP contribution is 2.30. The quantitative estimate of drug-likeness (QED) is 0.745. The molecule has 0 saturated heterocycles. The first kappa shape index (κ1) is 14.7. The third-order valence-electron chi connectivity index (χ3n) is 4.05. The van der Waals surface area contributed by atoms with Gasteiger partial charge in [-0.25, -0.2) is 0 Å². The topological polar surface area (TPSA) is 35.2 Å². The van der Waals surface area contributed by atoms with Gasteiger partial charge in [-0.1, -0.05) is 46.3 Å². The number of nitrogens with two attached hydrogens (primary N) is 1. The van der Waals surface area contributed by atoms with Crippen molar-refractivity contribution in [1.29, 1.82) is 0 Å². The van der Waals surface area contributed by atoms with Gasteiger partial charge in [-0.05, 0) is 25.2 Å². The lowest BCUT2D eigenvalue weighted by Crippen LogP contribution is -2.42. The second-order valence-electron chi connectivity index (χ2n) is 5.66. The van der Waals surface area contributed by atoms with Crippen molar-refractivity contribution in [2.45, 2.75) is 72.1 Å². The fourth-order valence-electron chi connectivity index (χ4n) is 2.43. The predicted molar refractivity (Wildman–Crippen MR) is 73.9 cm³/mol. The van der Waals surface area contributed by atoms with Crippen LogP contribution >= 0.6 is 0 Å². The van der Waals surface area contributed by atoms with E-state index in [1.165, 1.54) is 5.57 Å². The van der Waals surface area contributed by atoms with E-state index in [2.05, 4.69) is 40.7 Å². The van der Waals surface area contributed by atoms with E-state index >= 15 is 0 Å². The van der Waals surface area contributed by atoms with Gasteiger partial charge in [0.15, 0.2) is 0 Å². The Labute approximate surface area is 107 Å². The Morgan fingerprint density at radius 1 is 1.35 bits per heavy atom. The highest BCUT2D eigenvalue weighted by atomic mass is 16.5. The van der Waals surface area contributed by atoms with Crippen molar-refractivity contribution in [1.82, 2.24) is 0 Å². The summed E-state index contributed by atoms with van der Waals surface area (Å²) in [7, 11) is 0. The third-order valence-corrected chi connectivity index (χ3v) is 4.05. The zero-order chi connectivity index (χ0) is 13.0. The van der Waals surface area contributed by atoms with Gasteiger partial charge in [-0.2, -0.15) is 0 Å². The lowest BCUT2D eigenvalue weighted by Gasteiger charge is -2.36. The summed E-state index contributed by atoms with van der Waals surface area (Å²) in [6.07, 6.45) is 6.11. The highest BCUT2D eigenvalue weighted by Gasteiger charge is 2.30. The zero-order valence-corrected chi connectivity index (χ0v) is 12.1. The van der Waals surface area contributed by atoms with Crippen LogP contribution in [0.5, 0.6) is 0 Å². The molecule has 0 unspecified atom stereocenters. The molecule has 0 aromatic rings. The van der Waals surface area contributed by atoms with Gasteiger partial charge in [-0.3, -0.25) is 0 Å². The molecule has 0 aromatic heterocycles. The molecular weight excluding hydrogens is 210 g/mol. The van der Waals surface area contributed by atoms with Gasteiger partial charge in [0.2, 0.25) is 0 Å². The fourth-order valence-corrected chi connectivity index (χ4v) is 2.43.